The smallest absolute Gasteiger partial charge is 0.407 e. The predicted octanol–water partition coefficient (Wildman–Crippen LogP) is 3.40. The predicted molar refractivity (Wildman–Crippen MR) is 78.5 cm³/mol. The number of rotatable bonds is 3. The van der Waals surface area contributed by atoms with E-state index in [1.807, 2.05) is 0 Å². The molecule has 0 heterocycles. The van der Waals surface area contributed by atoms with Crippen molar-refractivity contribution in [3.8, 4) is 5.75 Å². The number of alkyl carbamates (subject to hydrolysis) is 1. The molecule has 1 aromatic carbocycles. The van der Waals surface area contributed by atoms with Crippen LogP contribution in [0.1, 0.15) is 33.3 Å². The Hall–Kier alpha value is -1.56. The molecule has 0 fully saturated rings. The van der Waals surface area contributed by atoms with Gasteiger partial charge in [0.05, 0.1) is 4.47 Å². The number of carbonyl (C=O) groups excluding carboxylic acids is 2. The molecule has 0 unspecified atom stereocenters. The number of ether oxygens (including phenoxy) is 2. The molecule has 6 heteroatoms. The van der Waals surface area contributed by atoms with Crippen molar-refractivity contribution >= 4 is 28.0 Å². The summed E-state index contributed by atoms with van der Waals surface area (Å²) in [5.41, 5.74) is 0.336. The van der Waals surface area contributed by atoms with Gasteiger partial charge in [-0.15, -0.1) is 0 Å². The van der Waals surface area contributed by atoms with E-state index in [-0.39, 0.29) is 5.97 Å². The van der Waals surface area contributed by atoms with Gasteiger partial charge in [0.1, 0.15) is 11.4 Å². The maximum Gasteiger partial charge on any atom is 0.407 e. The first-order valence-electron chi connectivity index (χ1n) is 6.11. The number of hydrogen-bond acceptors (Lipinski definition) is 4. The zero-order valence-corrected chi connectivity index (χ0v) is 13.5. The molecule has 0 aliphatic carbocycles. The maximum absolute atomic E-state index is 11.5. The lowest BCUT2D eigenvalue weighted by atomic mass is 10.2. The highest BCUT2D eigenvalue weighted by Gasteiger charge is 2.15. The number of amides is 1. The van der Waals surface area contributed by atoms with Crippen molar-refractivity contribution < 1.29 is 19.1 Å². The van der Waals surface area contributed by atoms with Crippen molar-refractivity contribution in [1.82, 2.24) is 5.32 Å². The van der Waals surface area contributed by atoms with Gasteiger partial charge in [0.15, 0.2) is 0 Å². The second kappa shape index (κ2) is 6.74. The minimum atomic E-state index is -0.524. The summed E-state index contributed by atoms with van der Waals surface area (Å²) in [5, 5.41) is 2.65. The van der Waals surface area contributed by atoms with Gasteiger partial charge in [-0.3, -0.25) is 4.79 Å². The third-order valence-corrected chi connectivity index (χ3v) is 2.71. The largest absolute Gasteiger partial charge is 0.444 e. The topological polar surface area (TPSA) is 64.6 Å². The molecular formula is C14H18BrNO4. The van der Waals surface area contributed by atoms with Crippen LogP contribution in [-0.2, 0) is 16.1 Å². The van der Waals surface area contributed by atoms with Gasteiger partial charge >= 0.3 is 12.1 Å². The van der Waals surface area contributed by atoms with Crippen molar-refractivity contribution in [2.24, 2.45) is 0 Å². The lowest BCUT2D eigenvalue weighted by Gasteiger charge is -2.19. The monoisotopic (exact) mass is 343 g/mol. The zero-order valence-electron chi connectivity index (χ0n) is 12.0. The average molecular weight is 344 g/mol. The molecule has 1 aromatic rings. The van der Waals surface area contributed by atoms with Crippen LogP contribution in [0.5, 0.6) is 5.75 Å². The van der Waals surface area contributed by atoms with E-state index in [1.165, 1.54) is 6.92 Å². The molecule has 0 bridgehead atoms. The van der Waals surface area contributed by atoms with Crippen LogP contribution >= 0.6 is 15.9 Å². The molecule has 0 spiro atoms. The molecule has 0 aliphatic heterocycles. The summed E-state index contributed by atoms with van der Waals surface area (Å²) < 4.78 is 10.8. The summed E-state index contributed by atoms with van der Waals surface area (Å²) in [6.45, 7) is 7.07. The lowest BCUT2D eigenvalue weighted by molar-refractivity contribution is -0.131. The Morgan fingerprint density at radius 2 is 1.95 bits per heavy atom. The molecule has 0 aromatic heterocycles. The summed E-state index contributed by atoms with van der Waals surface area (Å²) in [5.74, 6) is 0.0591. The molecule has 1 rings (SSSR count). The number of hydrogen-bond donors (Lipinski definition) is 1. The second-order valence-electron chi connectivity index (χ2n) is 5.21. The Bertz CT molecular complexity index is 508. The number of halogens is 1. The van der Waals surface area contributed by atoms with E-state index in [1.54, 1.807) is 39.0 Å². The van der Waals surface area contributed by atoms with Gasteiger partial charge in [0.25, 0.3) is 0 Å². The van der Waals surface area contributed by atoms with E-state index < -0.39 is 11.7 Å². The van der Waals surface area contributed by atoms with E-state index in [2.05, 4.69) is 21.2 Å². The van der Waals surface area contributed by atoms with E-state index >= 15 is 0 Å². The van der Waals surface area contributed by atoms with Gasteiger partial charge in [-0.25, -0.2) is 4.79 Å². The van der Waals surface area contributed by atoms with Crippen molar-refractivity contribution in [2.75, 3.05) is 0 Å². The Kier molecular flexibility index (Phi) is 5.56. The maximum atomic E-state index is 11.5. The molecule has 1 N–H and O–H groups in total. The molecule has 110 valence electrons. The first-order chi connectivity index (χ1) is 9.17. The van der Waals surface area contributed by atoms with Crippen LogP contribution in [0.3, 0.4) is 0 Å². The second-order valence-corrected chi connectivity index (χ2v) is 6.07. The van der Waals surface area contributed by atoms with Gasteiger partial charge in [0, 0.05) is 13.5 Å². The first kappa shape index (κ1) is 16.5. The van der Waals surface area contributed by atoms with Crippen LogP contribution in [0.15, 0.2) is 22.7 Å². The molecule has 0 radical (unpaired) electrons. The van der Waals surface area contributed by atoms with Crippen molar-refractivity contribution in [2.45, 2.75) is 39.8 Å². The highest BCUT2D eigenvalue weighted by molar-refractivity contribution is 9.10. The Labute approximate surface area is 126 Å². The SMILES string of the molecule is CC(=O)Oc1ccc(CNC(=O)OC(C)(C)C)cc1Br. The summed E-state index contributed by atoms with van der Waals surface area (Å²) in [4.78, 5) is 22.4. The highest BCUT2D eigenvalue weighted by Crippen LogP contribution is 2.26. The third-order valence-electron chi connectivity index (χ3n) is 2.09. The summed E-state index contributed by atoms with van der Waals surface area (Å²) in [6, 6.07) is 5.20. The average Bonchev–Trinajstić information content (AvgIpc) is 2.27. The van der Waals surface area contributed by atoms with Crippen LogP contribution in [0, 0.1) is 0 Å². The Morgan fingerprint density at radius 1 is 1.30 bits per heavy atom. The van der Waals surface area contributed by atoms with Crippen molar-refractivity contribution in [1.29, 1.82) is 0 Å². The Morgan fingerprint density at radius 3 is 2.45 bits per heavy atom. The van der Waals surface area contributed by atoms with E-state index in [9.17, 15) is 9.59 Å². The van der Waals surface area contributed by atoms with Crippen LogP contribution in [0.4, 0.5) is 4.79 Å². The minimum Gasteiger partial charge on any atom is -0.444 e. The fourth-order valence-electron chi connectivity index (χ4n) is 1.38. The standard InChI is InChI=1S/C14H18BrNO4/c1-9(17)19-12-6-5-10(7-11(12)15)8-16-13(18)20-14(2,3)4/h5-7H,8H2,1-4H3,(H,16,18). The van der Waals surface area contributed by atoms with E-state index in [0.717, 1.165) is 5.56 Å². The number of benzene rings is 1. The fraction of sp³-hybridized carbons (Fsp3) is 0.429. The summed E-state index contributed by atoms with van der Waals surface area (Å²) >= 11 is 3.31. The number of esters is 1. The quantitative estimate of drug-likeness (QED) is 0.674. The molecule has 0 saturated heterocycles. The van der Waals surface area contributed by atoms with Crippen molar-refractivity contribution in [3.05, 3.63) is 28.2 Å². The van der Waals surface area contributed by atoms with Gasteiger partial charge in [-0.1, -0.05) is 6.07 Å². The highest BCUT2D eigenvalue weighted by atomic mass is 79.9. The Balaban J connectivity index is 2.59. The van der Waals surface area contributed by atoms with Crippen molar-refractivity contribution in [3.63, 3.8) is 0 Å². The summed E-state index contributed by atoms with van der Waals surface area (Å²) in [7, 11) is 0. The molecule has 0 aliphatic rings. The van der Waals surface area contributed by atoms with E-state index in [4.69, 9.17) is 9.47 Å². The molecule has 20 heavy (non-hydrogen) atoms. The van der Waals surface area contributed by atoms with Crippen LogP contribution < -0.4 is 10.1 Å². The van der Waals surface area contributed by atoms with E-state index in [0.29, 0.717) is 16.8 Å². The molecule has 0 atom stereocenters. The van der Waals surface area contributed by atoms with Crippen LogP contribution in [0.2, 0.25) is 0 Å². The van der Waals surface area contributed by atoms with Gasteiger partial charge in [-0.2, -0.15) is 0 Å². The fourth-order valence-corrected chi connectivity index (χ4v) is 1.89. The molecule has 5 nitrogen and oxygen atoms in total. The van der Waals surface area contributed by atoms with Crippen LogP contribution in [0.25, 0.3) is 0 Å². The third kappa shape index (κ3) is 6.06. The minimum absolute atomic E-state index is 0.327. The van der Waals surface area contributed by atoms with Gasteiger partial charge in [-0.05, 0) is 54.4 Å². The normalized spacial score (nSPS) is 10.8. The zero-order chi connectivity index (χ0) is 15.3. The van der Waals surface area contributed by atoms with Crippen LogP contribution in [-0.4, -0.2) is 17.7 Å². The van der Waals surface area contributed by atoms with Gasteiger partial charge in [0.2, 0.25) is 0 Å². The molecule has 1 amide bonds. The molecular weight excluding hydrogens is 326 g/mol. The number of carbonyl (C=O) groups is 2. The summed E-state index contributed by atoms with van der Waals surface area (Å²) in [6.07, 6.45) is -0.474. The lowest BCUT2D eigenvalue weighted by Crippen LogP contribution is -2.32. The van der Waals surface area contributed by atoms with Gasteiger partial charge < -0.3 is 14.8 Å². The number of nitrogens with one attached hydrogen (secondary N) is 1. The first-order valence-corrected chi connectivity index (χ1v) is 6.90. The molecule has 0 saturated carbocycles.